The Balaban J connectivity index is 1.81. The predicted octanol–water partition coefficient (Wildman–Crippen LogP) is 2.56. The molecule has 6 nitrogen and oxygen atoms in total. The lowest BCUT2D eigenvalue weighted by atomic mass is 9.73. The van der Waals surface area contributed by atoms with Gasteiger partial charge in [-0.25, -0.2) is 0 Å². The Hall–Kier alpha value is -1.37. The van der Waals surface area contributed by atoms with Crippen molar-refractivity contribution in [1.29, 1.82) is 0 Å². The van der Waals surface area contributed by atoms with Gasteiger partial charge < -0.3 is 10.2 Å². The standard InChI is InChI=1S/C17H25NO5S/c1-4-8-6-9(5-2)13-11-7-10(12(8)13)14-15(11)17(20)18(16(14)19)23-24(3,21)22/h8-13,19-20H,4-7H2,1-3H3. The SMILES string of the molecule is CCC1CC(CC)C2C3CC(c4c3c(O)n(OS(C)(=O)=O)c4O)C12. The van der Waals surface area contributed by atoms with Gasteiger partial charge in [0.05, 0.1) is 6.26 Å². The van der Waals surface area contributed by atoms with Gasteiger partial charge in [-0.05, 0) is 48.3 Å². The maximum Gasteiger partial charge on any atom is 0.324 e. The van der Waals surface area contributed by atoms with E-state index in [1.54, 1.807) is 0 Å². The number of hydrogen-bond acceptors (Lipinski definition) is 5. The van der Waals surface area contributed by atoms with Crippen LogP contribution in [0.15, 0.2) is 0 Å². The minimum Gasteiger partial charge on any atom is -0.492 e. The van der Waals surface area contributed by atoms with Crippen molar-refractivity contribution in [3.05, 3.63) is 11.1 Å². The zero-order valence-corrected chi connectivity index (χ0v) is 15.1. The molecule has 0 aromatic carbocycles. The molecule has 2 fully saturated rings. The average molecular weight is 355 g/mol. The first-order valence-corrected chi connectivity index (χ1v) is 10.7. The van der Waals surface area contributed by atoms with Crippen molar-refractivity contribution in [2.75, 3.05) is 6.26 Å². The molecule has 0 saturated heterocycles. The number of aromatic nitrogens is 1. The maximum absolute atomic E-state index is 11.4. The highest BCUT2D eigenvalue weighted by Gasteiger charge is 2.61. The second-order valence-electron chi connectivity index (χ2n) is 7.72. The lowest BCUT2D eigenvalue weighted by Gasteiger charge is -2.30. The summed E-state index contributed by atoms with van der Waals surface area (Å²) in [6.45, 7) is 4.45. The molecule has 2 N–H and O–H groups in total. The molecule has 0 radical (unpaired) electrons. The van der Waals surface area contributed by atoms with Crippen molar-refractivity contribution in [3.8, 4) is 11.8 Å². The molecular formula is C17H25NO5S. The Morgan fingerprint density at radius 2 is 1.46 bits per heavy atom. The normalized spacial score (nSPS) is 36.8. The second-order valence-corrected chi connectivity index (χ2v) is 9.28. The number of nitrogens with zero attached hydrogens (tertiary/aromatic N) is 1. The topological polar surface area (TPSA) is 88.8 Å². The van der Waals surface area contributed by atoms with E-state index in [0.29, 0.717) is 28.4 Å². The Morgan fingerprint density at radius 3 is 1.83 bits per heavy atom. The summed E-state index contributed by atoms with van der Waals surface area (Å²) in [7, 11) is -3.83. The Morgan fingerprint density at radius 1 is 1.00 bits per heavy atom. The molecule has 2 saturated carbocycles. The van der Waals surface area contributed by atoms with Gasteiger partial charge in [-0.3, -0.25) is 4.28 Å². The summed E-state index contributed by atoms with van der Waals surface area (Å²) in [4.78, 5) is 0. The molecule has 6 atom stereocenters. The van der Waals surface area contributed by atoms with E-state index < -0.39 is 10.1 Å². The molecule has 1 heterocycles. The molecule has 134 valence electrons. The summed E-state index contributed by atoms with van der Waals surface area (Å²) >= 11 is 0. The number of rotatable bonds is 4. The van der Waals surface area contributed by atoms with Crippen LogP contribution in [0, 0.1) is 23.7 Å². The smallest absolute Gasteiger partial charge is 0.324 e. The minimum absolute atomic E-state index is 0.201. The third kappa shape index (κ3) is 1.96. The van der Waals surface area contributed by atoms with Crippen molar-refractivity contribution < 1.29 is 22.9 Å². The van der Waals surface area contributed by atoms with E-state index in [1.807, 2.05) is 0 Å². The van der Waals surface area contributed by atoms with Crippen molar-refractivity contribution in [2.45, 2.75) is 51.4 Å². The first kappa shape index (κ1) is 16.1. The minimum atomic E-state index is -3.83. The summed E-state index contributed by atoms with van der Waals surface area (Å²) < 4.78 is 28.4. The van der Waals surface area contributed by atoms with Crippen LogP contribution in [0.2, 0.25) is 0 Å². The summed E-state index contributed by atoms with van der Waals surface area (Å²) in [5, 5.41) is 21.1. The molecule has 3 aliphatic rings. The Kier molecular flexibility index (Phi) is 3.40. The lowest BCUT2D eigenvalue weighted by Crippen LogP contribution is -2.23. The van der Waals surface area contributed by atoms with Crippen LogP contribution in [-0.4, -0.2) is 29.6 Å². The zero-order valence-electron chi connectivity index (χ0n) is 14.3. The van der Waals surface area contributed by atoms with Gasteiger partial charge in [0.1, 0.15) is 0 Å². The quantitative estimate of drug-likeness (QED) is 0.866. The average Bonchev–Trinajstić information content (AvgIpc) is 3.21. The second kappa shape index (κ2) is 5.07. The van der Waals surface area contributed by atoms with Crippen LogP contribution in [0.4, 0.5) is 0 Å². The van der Waals surface area contributed by atoms with Crippen LogP contribution in [0.1, 0.15) is 62.5 Å². The Labute approximate surface area is 142 Å². The van der Waals surface area contributed by atoms with Crippen LogP contribution in [0.3, 0.4) is 0 Å². The van der Waals surface area contributed by atoms with Crippen LogP contribution < -0.4 is 4.28 Å². The van der Waals surface area contributed by atoms with Crippen molar-refractivity contribution in [2.24, 2.45) is 23.7 Å². The molecule has 0 amide bonds. The van der Waals surface area contributed by atoms with Crippen molar-refractivity contribution in [1.82, 2.24) is 4.73 Å². The van der Waals surface area contributed by atoms with E-state index >= 15 is 0 Å². The summed E-state index contributed by atoms with van der Waals surface area (Å²) in [6, 6.07) is 0. The fraction of sp³-hybridized carbons (Fsp3) is 0.765. The largest absolute Gasteiger partial charge is 0.492 e. The fourth-order valence-corrected chi connectivity index (χ4v) is 6.52. The molecule has 6 unspecified atom stereocenters. The van der Waals surface area contributed by atoms with E-state index in [-0.39, 0.29) is 23.6 Å². The maximum atomic E-state index is 11.4. The van der Waals surface area contributed by atoms with Gasteiger partial charge in [-0.15, -0.1) is 0 Å². The molecule has 24 heavy (non-hydrogen) atoms. The zero-order chi connectivity index (χ0) is 17.4. The summed E-state index contributed by atoms with van der Waals surface area (Å²) in [5.74, 6) is 2.25. The van der Waals surface area contributed by atoms with Gasteiger partial charge in [-0.1, -0.05) is 31.4 Å². The summed E-state index contributed by atoms with van der Waals surface area (Å²) in [6.07, 6.45) is 5.34. The highest BCUT2D eigenvalue weighted by atomic mass is 32.2. The molecular weight excluding hydrogens is 330 g/mol. The van der Waals surface area contributed by atoms with E-state index in [2.05, 4.69) is 13.8 Å². The van der Waals surface area contributed by atoms with Gasteiger partial charge in [0.2, 0.25) is 11.8 Å². The van der Waals surface area contributed by atoms with Crippen molar-refractivity contribution in [3.63, 3.8) is 0 Å². The van der Waals surface area contributed by atoms with Gasteiger partial charge in [-0.2, -0.15) is 8.42 Å². The molecule has 7 heteroatoms. The predicted molar refractivity (Wildman–Crippen MR) is 88.4 cm³/mol. The highest BCUT2D eigenvalue weighted by molar-refractivity contribution is 7.86. The monoisotopic (exact) mass is 355 g/mol. The molecule has 1 aromatic rings. The van der Waals surface area contributed by atoms with E-state index in [9.17, 15) is 18.6 Å². The van der Waals surface area contributed by atoms with E-state index in [0.717, 1.165) is 36.6 Å². The third-order valence-corrected chi connectivity index (χ3v) is 7.15. The number of aromatic hydroxyl groups is 2. The molecule has 4 rings (SSSR count). The first-order chi connectivity index (χ1) is 11.3. The molecule has 2 bridgehead atoms. The highest BCUT2D eigenvalue weighted by Crippen LogP contribution is 2.71. The van der Waals surface area contributed by atoms with Crippen LogP contribution >= 0.6 is 0 Å². The fourth-order valence-electron chi connectivity index (χ4n) is 6.11. The number of hydrogen-bond donors (Lipinski definition) is 2. The van der Waals surface area contributed by atoms with Gasteiger partial charge in [0, 0.05) is 11.1 Å². The molecule has 0 aliphatic heterocycles. The van der Waals surface area contributed by atoms with Crippen LogP contribution in [0.25, 0.3) is 0 Å². The van der Waals surface area contributed by atoms with Crippen LogP contribution in [-0.2, 0) is 10.1 Å². The van der Waals surface area contributed by atoms with Gasteiger partial charge in [0.25, 0.3) is 0 Å². The Bertz CT molecular complexity index is 738. The third-order valence-electron chi connectivity index (χ3n) is 6.73. The molecule has 0 spiro atoms. The van der Waals surface area contributed by atoms with E-state index in [1.165, 1.54) is 6.42 Å². The van der Waals surface area contributed by atoms with Gasteiger partial charge in [0.15, 0.2) is 0 Å². The number of fused-ring (bicyclic) bond motifs is 8. The van der Waals surface area contributed by atoms with Gasteiger partial charge >= 0.3 is 10.1 Å². The molecule has 1 aromatic heterocycles. The summed E-state index contributed by atoms with van der Waals surface area (Å²) in [5.41, 5.74) is 1.44. The van der Waals surface area contributed by atoms with Crippen LogP contribution in [0.5, 0.6) is 11.8 Å². The van der Waals surface area contributed by atoms with Crippen molar-refractivity contribution >= 4 is 10.1 Å². The molecule has 3 aliphatic carbocycles. The first-order valence-electron chi connectivity index (χ1n) is 8.84. The lowest BCUT2D eigenvalue weighted by molar-refractivity contribution is 0.201. The van der Waals surface area contributed by atoms with E-state index in [4.69, 9.17) is 4.28 Å².